The maximum absolute atomic E-state index is 12.8. The number of imide groups is 1. The zero-order valence-electron chi connectivity index (χ0n) is 14.7. The number of carbonyl (C=O) groups is 3. The first kappa shape index (κ1) is 17.2. The minimum atomic E-state index is -0.759. The molecule has 0 atom stereocenters. The van der Waals surface area contributed by atoms with E-state index in [0.717, 1.165) is 37.3 Å². The van der Waals surface area contributed by atoms with Crippen molar-refractivity contribution in [3.63, 3.8) is 0 Å². The van der Waals surface area contributed by atoms with Crippen LogP contribution in [0.4, 0.5) is 4.79 Å². The van der Waals surface area contributed by atoms with Gasteiger partial charge in [-0.15, -0.1) is 0 Å². The zero-order valence-corrected chi connectivity index (χ0v) is 14.7. The minimum absolute atomic E-state index is 0.132. The third-order valence-corrected chi connectivity index (χ3v) is 5.93. The van der Waals surface area contributed by atoms with E-state index >= 15 is 0 Å². The number of amides is 4. The molecule has 1 N–H and O–H groups in total. The van der Waals surface area contributed by atoms with Crippen LogP contribution in [-0.2, 0) is 9.59 Å². The van der Waals surface area contributed by atoms with Gasteiger partial charge >= 0.3 is 6.03 Å². The Hall–Kier alpha value is -1.63. The van der Waals surface area contributed by atoms with Crippen LogP contribution in [-0.4, -0.2) is 77.9 Å². The van der Waals surface area contributed by atoms with Gasteiger partial charge in [-0.3, -0.25) is 14.5 Å². The molecule has 0 aromatic rings. The summed E-state index contributed by atoms with van der Waals surface area (Å²) in [6.45, 7) is 5.00. The molecule has 2 aliphatic heterocycles. The van der Waals surface area contributed by atoms with Gasteiger partial charge in [-0.25, -0.2) is 4.79 Å². The normalized spacial score (nSPS) is 31.7. The fourth-order valence-corrected chi connectivity index (χ4v) is 4.03. The minimum Gasteiger partial charge on any atom is -0.339 e. The van der Waals surface area contributed by atoms with Crippen LogP contribution >= 0.6 is 0 Å². The number of urea groups is 1. The van der Waals surface area contributed by atoms with Gasteiger partial charge in [-0.2, -0.15) is 0 Å². The van der Waals surface area contributed by atoms with Gasteiger partial charge in [-0.05, 0) is 38.6 Å². The number of nitrogens with zero attached hydrogens (tertiary/aromatic N) is 3. The van der Waals surface area contributed by atoms with Crippen LogP contribution in [0, 0.1) is 5.92 Å². The molecule has 0 aromatic carbocycles. The molecule has 0 radical (unpaired) electrons. The first-order valence-corrected chi connectivity index (χ1v) is 9.05. The van der Waals surface area contributed by atoms with Crippen LogP contribution in [0.5, 0.6) is 0 Å². The average Bonchev–Trinajstić information content (AvgIpc) is 2.80. The summed E-state index contributed by atoms with van der Waals surface area (Å²) < 4.78 is 0. The number of likely N-dealkylation sites (N-methyl/N-ethyl adjacent to an activating group) is 1. The Morgan fingerprint density at radius 2 is 1.79 bits per heavy atom. The number of hydrogen-bond acceptors (Lipinski definition) is 4. The van der Waals surface area contributed by atoms with E-state index in [0.29, 0.717) is 31.8 Å². The van der Waals surface area contributed by atoms with E-state index in [1.807, 2.05) is 7.05 Å². The molecule has 7 heteroatoms. The second kappa shape index (κ2) is 6.70. The monoisotopic (exact) mass is 336 g/mol. The van der Waals surface area contributed by atoms with Crippen molar-refractivity contribution in [3.05, 3.63) is 0 Å². The lowest BCUT2D eigenvalue weighted by atomic mass is 9.75. The Kier molecular flexibility index (Phi) is 4.80. The number of hydrogen-bond donors (Lipinski definition) is 1. The fourth-order valence-electron chi connectivity index (χ4n) is 4.03. The maximum atomic E-state index is 12.8. The molecule has 2 heterocycles. The lowest BCUT2D eigenvalue weighted by Gasteiger charge is -2.35. The standard InChI is InChI=1S/C17H28N4O3/c1-3-13-4-6-17(7-5-13)15(23)21(16(24)18-17)12-14(22)20-10-8-19(2)9-11-20/h13H,3-12H2,1-2H3,(H,18,24). The molecule has 3 fully saturated rings. The molecule has 134 valence electrons. The van der Waals surface area contributed by atoms with Crippen LogP contribution in [0.15, 0.2) is 0 Å². The van der Waals surface area contributed by atoms with Gasteiger partial charge in [0.1, 0.15) is 12.1 Å². The van der Waals surface area contributed by atoms with Crippen molar-refractivity contribution in [1.29, 1.82) is 0 Å². The topological polar surface area (TPSA) is 73.0 Å². The van der Waals surface area contributed by atoms with Crippen LogP contribution in [0.2, 0.25) is 0 Å². The molecule has 4 amide bonds. The molecule has 7 nitrogen and oxygen atoms in total. The Balaban J connectivity index is 1.61. The summed E-state index contributed by atoms with van der Waals surface area (Å²) in [6.07, 6.45) is 4.42. The molecule has 0 bridgehead atoms. The predicted molar refractivity (Wildman–Crippen MR) is 89.3 cm³/mol. The smallest absolute Gasteiger partial charge is 0.325 e. The van der Waals surface area contributed by atoms with Gasteiger partial charge in [0, 0.05) is 26.2 Å². The Morgan fingerprint density at radius 3 is 2.38 bits per heavy atom. The van der Waals surface area contributed by atoms with Crippen LogP contribution in [0.3, 0.4) is 0 Å². The van der Waals surface area contributed by atoms with E-state index in [2.05, 4.69) is 17.1 Å². The highest BCUT2D eigenvalue weighted by Gasteiger charge is 2.52. The van der Waals surface area contributed by atoms with Gasteiger partial charge in [0.2, 0.25) is 5.91 Å². The van der Waals surface area contributed by atoms with E-state index in [9.17, 15) is 14.4 Å². The van der Waals surface area contributed by atoms with E-state index in [-0.39, 0.29) is 18.4 Å². The lowest BCUT2D eigenvalue weighted by Crippen LogP contribution is -2.52. The van der Waals surface area contributed by atoms with Crippen molar-refractivity contribution in [2.24, 2.45) is 5.92 Å². The average molecular weight is 336 g/mol. The quantitative estimate of drug-likeness (QED) is 0.768. The maximum Gasteiger partial charge on any atom is 0.325 e. The van der Waals surface area contributed by atoms with Gasteiger partial charge in [0.15, 0.2) is 0 Å². The second-order valence-corrected chi connectivity index (χ2v) is 7.44. The molecular formula is C17H28N4O3. The van der Waals surface area contributed by atoms with Gasteiger partial charge in [0.25, 0.3) is 5.91 Å². The highest BCUT2D eigenvalue weighted by atomic mass is 16.2. The van der Waals surface area contributed by atoms with Crippen LogP contribution in [0.1, 0.15) is 39.0 Å². The van der Waals surface area contributed by atoms with E-state index < -0.39 is 11.6 Å². The van der Waals surface area contributed by atoms with Crippen molar-refractivity contribution in [2.45, 2.75) is 44.6 Å². The Bertz CT molecular complexity index is 520. The second-order valence-electron chi connectivity index (χ2n) is 7.44. The fraction of sp³-hybridized carbons (Fsp3) is 0.824. The van der Waals surface area contributed by atoms with Crippen molar-refractivity contribution < 1.29 is 14.4 Å². The first-order chi connectivity index (χ1) is 11.4. The van der Waals surface area contributed by atoms with Crippen molar-refractivity contribution in [3.8, 4) is 0 Å². The molecular weight excluding hydrogens is 308 g/mol. The summed E-state index contributed by atoms with van der Waals surface area (Å²) in [4.78, 5) is 42.6. The lowest BCUT2D eigenvalue weighted by molar-refractivity contribution is -0.140. The third-order valence-electron chi connectivity index (χ3n) is 5.93. The molecule has 1 spiro atoms. The number of nitrogens with one attached hydrogen (secondary N) is 1. The number of piperazine rings is 1. The summed E-state index contributed by atoms with van der Waals surface area (Å²) in [5.74, 6) is 0.303. The summed E-state index contributed by atoms with van der Waals surface area (Å²) in [7, 11) is 2.02. The molecule has 1 aliphatic carbocycles. The summed E-state index contributed by atoms with van der Waals surface area (Å²) in [5.41, 5.74) is -0.759. The zero-order chi connectivity index (χ0) is 17.3. The third kappa shape index (κ3) is 3.14. The predicted octanol–water partition coefficient (Wildman–Crippen LogP) is 0.651. The summed E-state index contributed by atoms with van der Waals surface area (Å²) in [6, 6.07) is -0.405. The number of carbonyl (C=O) groups excluding carboxylic acids is 3. The Morgan fingerprint density at radius 1 is 1.17 bits per heavy atom. The largest absolute Gasteiger partial charge is 0.339 e. The van der Waals surface area contributed by atoms with Gasteiger partial charge in [0.05, 0.1) is 0 Å². The molecule has 0 unspecified atom stereocenters. The van der Waals surface area contributed by atoms with Gasteiger partial charge in [-0.1, -0.05) is 13.3 Å². The Labute approximate surface area is 143 Å². The SMILES string of the molecule is CCC1CCC2(CC1)NC(=O)N(CC(=O)N1CCN(C)CC1)C2=O. The van der Waals surface area contributed by atoms with E-state index in [1.54, 1.807) is 4.90 Å². The van der Waals surface area contributed by atoms with Crippen LogP contribution < -0.4 is 5.32 Å². The van der Waals surface area contributed by atoms with E-state index in [1.165, 1.54) is 0 Å². The van der Waals surface area contributed by atoms with Crippen LogP contribution in [0.25, 0.3) is 0 Å². The van der Waals surface area contributed by atoms with E-state index in [4.69, 9.17) is 0 Å². The molecule has 2 saturated heterocycles. The van der Waals surface area contributed by atoms with Crippen molar-refractivity contribution in [1.82, 2.24) is 20.0 Å². The molecule has 1 saturated carbocycles. The van der Waals surface area contributed by atoms with Crippen molar-refractivity contribution in [2.75, 3.05) is 39.8 Å². The van der Waals surface area contributed by atoms with Gasteiger partial charge < -0.3 is 15.1 Å². The first-order valence-electron chi connectivity index (χ1n) is 9.05. The highest BCUT2D eigenvalue weighted by Crippen LogP contribution is 2.37. The number of rotatable bonds is 3. The highest BCUT2D eigenvalue weighted by molar-refractivity contribution is 6.09. The molecule has 3 aliphatic rings. The molecule has 0 aromatic heterocycles. The van der Waals surface area contributed by atoms with Crippen molar-refractivity contribution >= 4 is 17.8 Å². The summed E-state index contributed by atoms with van der Waals surface area (Å²) in [5, 5.41) is 2.89. The summed E-state index contributed by atoms with van der Waals surface area (Å²) >= 11 is 0. The molecule has 3 rings (SSSR count). The molecule has 24 heavy (non-hydrogen) atoms.